The molecule has 0 saturated carbocycles. The average Bonchev–Trinajstić information content (AvgIpc) is 2.38. The zero-order chi connectivity index (χ0) is 13.1. The van der Waals surface area contributed by atoms with Crippen LogP contribution < -0.4 is 22.1 Å². The Balaban J connectivity index is 0.00000180. The maximum atomic E-state index is 12.9. The van der Waals surface area contributed by atoms with Crippen LogP contribution in [0.5, 0.6) is 0 Å². The Bertz CT molecular complexity index is 585. The number of hydrogen-bond donors (Lipinski definition) is 0. The third-order valence-corrected chi connectivity index (χ3v) is 3.23. The van der Waals surface area contributed by atoms with Crippen LogP contribution in [0.15, 0.2) is 53.5 Å². The van der Waals surface area contributed by atoms with Gasteiger partial charge in [-0.15, -0.1) is 6.61 Å². The van der Waals surface area contributed by atoms with Gasteiger partial charge in [0.1, 0.15) is 5.82 Å². The van der Waals surface area contributed by atoms with Gasteiger partial charge < -0.3 is 22.1 Å². The van der Waals surface area contributed by atoms with Crippen LogP contribution in [0.1, 0.15) is 16.7 Å². The smallest absolute Gasteiger partial charge is 1.00 e. The van der Waals surface area contributed by atoms with Gasteiger partial charge >= 0.3 is 23.1 Å². The van der Waals surface area contributed by atoms with E-state index in [4.69, 9.17) is 0 Å². The van der Waals surface area contributed by atoms with Crippen molar-refractivity contribution in [2.75, 3.05) is 0 Å². The third kappa shape index (κ3) is 4.67. The van der Waals surface area contributed by atoms with Gasteiger partial charge in [-0.1, -0.05) is 46.3 Å². The molecule has 2 rings (SSSR count). The molecule has 5 heteroatoms. The summed E-state index contributed by atoms with van der Waals surface area (Å²) in [6.45, 7) is 3.68. The van der Waals surface area contributed by atoms with Crippen LogP contribution in [0.4, 0.5) is 4.39 Å². The summed E-state index contributed by atoms with van der Waals surface area (Å²) >= 11 is 3.33. The Labute approximate surface area is 153 Å². The second kappa shape index (κ2) is 8.95. The molecule has 2 aromatic rings. The van der Waals surface area contributed by atoms with Crippen LogP contribution in [0.2, 0.25) is 0 Å². The summed E-state index contributed by atoms with van der Waals surface area (Å²) < 4.78 is 13.7. The summed E-state index contributed by atoms with van der Waals surface area (Å²) in [5.74, 6) is -0.286. The van der Waals surface area contributed by atoms with Crippen LogP contribution in [-0.2, 0) is 6.61 Å². The molecule has 2 aromatic carbocycles. The molecular weight excluding hydrogens is 399 g/mol. The maximum absolute atomic E-state index is 12.9. The van der Waals surface area contributed by atoms with E-state index >= 15 is 0 Å². The van der Waals surface area contributed by atoms with E-state index in [2.05, 4.69) is 22.5 Å². The zero-order valence-corrected chi connectivity index (χ0v) is 15.3. The topological polar surface area (TPSA) is 23.1 Å². The van der Waals surface area contributed by atoms with Crippen molar-refractivity contribution < 1.29 is 26.5 Å². The molecule has 0 heterocycles. The second-order valence-electron chi connectivity index (χ2n) is 3.93. The molecule has 0 aliphatic heterocycles. The summed E-state index contributed by atoms with van der Waals surface area (Å²) in [5.41, 5.74) is 3.03. The van der Waals surface area contributed by atoms with Crippen LogP contribution >= 0.6 is 15.9 Å². The Morgan fingerprint density at radius 3 is 2.30 bits per heavy atom. The van der Waals surface area contributed by atoms with E-state index in [-0.39, 0.29) is 52.5 Å². The number of halogens is 3. The molecule has 0 amide bonds. The molecule has 0 aromatic heterocycles. The summed E-state index contributed by atoms with van der Waals surface area (Å²) in [5, 5.41) is 11.2. The van der Waals surface area contributed by atoms with Gasteiger partial charge in [-0.2, -0.15) is 0 Å². The predicted octanol–water partition coefficient (Wildman–Crippen LogP) is 0.133. The van der Waals surface area contributed by atoms with Crippen LogP contribution in [0.25, 0.3) is 5.57 Å². The predicted molar refractivity (Wildman–Crippen MR) is 78.1 cm³/mol. The van der Waals surface area contributed by atoms with E-state index < -0.39 is 0 Å². The van der Waals surface area contributed by atoms with E-state index in [0.717, 1.165) is 21.2 Å². The molecule has 0 aliphatic carbocycles. The monoisotopic (exact) mass is 408 g/mol. The van der Waals surface area contributed by atoms with Crippen molar-refractivity contribution in [2.45, 2.75) is 6.61 Å². The molecule has 0 fully saturated rings. The molecule has 0 N–H and O–H groups in total. The van der Waals surface area contributed by atoms with Crippen molar-refractivity contribution in [1.29, 1.82) is 0 Å². The van der Waals surface area contributed by atoms with Gasteiger partial charge in [0, 0.05) is 4.47 Å². The van der Waals surface area contributed by atoms with Crippen LogP contribution in [-0.4, -0.2) is 23.1 Å². The summed E-state index contributed by atoms with van der Waals surface area (Å²) in [6.07, 6.45) is 0. The first-order chi connectivity index (χ1) is 8.61. The molecule has 0 bridgehead atoms. The van der Waals surface area contributed by atoms with Crippen LogP contribution in [0.3, 0.4) is 0 Å². The number of benzene rings is 2. The van der Waals surface area contributed by atoms with Crippen molar-refractivity contribution in [3.8, 4) is 0 Å². The van der Waals surface area contributed by atoms with Crippen molar-refractivity contribution in [1.82, 2.24) is 0 Å². The van der Waals surface area contributed by atoms with Gasteiger partial charge in [-0.25, -0.2) is 4.39 Å². The van der Waals surface area contributed by atoms with Crippen molar-refractivity contribution in [3.63, 3.8) is 0 Å². The van der Waals surface area contributed by atoms with Gasteiger partial charge in [-0.3, -0.25) is 0 Å². The van der Waals surface area contributed by atoms with Crippen LogP contribution in [0, 0.1) is 5.82 Å². The summed E-state index contributed by atoms with van der Waals surface area (Å²) in [7, 11) is 0. The van der Waals surface area contributed by atoms with E-state index in [9.17, 15) is 9.50 Å². The fourth-order valence-electron chi connectivity index (χ4n) is 1.78. The first-order valence-electron chi connectivity index (χ1n) is 5.43. The zero-order valence-electron chi connectivity index (χ0n) is 10.7. The van der Waals surface area contributed by atoms with Gasteiger partial charge in [0.05, 0.1) is 0 Å². The van der Waals surface area contributed by atoms with Gasteiger partial charge in [0.2, 0.25) is 0 Å². The minimum atomic E-state index is -0.311. The molecule has 0 atom stereocenters. The van der Waals surface area contributed by atoms with E-state index in [1.54, 1.807) is 18.2 Å². The minimum Gasteiger partial charge on any atom is -1.00 e. The molecule has 20 heavy (non-hydrogen) atoms. The van der Waals surface area contributed by atoms with Gasteiger partial charge in [0.15, 0.2) is 0 Å². The molecule has 1 nitrogen and oxygen atoms in total. The minimum absolute atomic E-state index is 0. The molecule has 0 radical (unpaired) electrons. The SMILES string of the molecule is C=C(c1ccc(F)cc1)c1ccc(Br)cc1C[O-].[Br-].[Mg+2]. The standard InChI is InChI=1S/C15H11BrFO.BrH.Mg/c1-10(11-2-5-14(17)6-3-11)15-7-4-13(16)8-12(15)9-18;;/h2-8H,1,9H2;1H;/q-1;;+2/p-1. The normalized spacial score (nSPS) is 9.35. The average molecular weight is 410 g/mol. The first kappa shape index (κ1) is 19.8. The molecule has 0 saturated heterocycles. The van der Waals surface area contributed by atoms with Gasteiger partial charge in [0.25, 0.3) is 0 Å². The molecule has 0 unspecified atom stereocenters. The summed E-state index contributed by atoms with van der Waals surface area (Å²) in [6, 6.07) is 11.6. The Kier molecular flexibility index (Phi) is 8.85. The molecule has 0 aliphatic rings. The fourth-order valence-corrected chi connectivity index (χ4v) is 2.19. The molecule has 0 spiro atoms. The fraction of sp³-hybridized carbons (Fsp3) is 0.0667. The van der Waals surface area contributed by atoms with Crippen molar-refractivity contribution in [3.05, 3.63) is 76.0 Å². The maximum Gasteiger partial charge on any atom is 2.00 e. The van der Waals surface area contributed by atoms with Gasteiger partial charge in [-0.05, 0) is 41.0 Å². The first-order valence-corrected chi connectivity index (χ1v) is 6.23. The Hall–Kier alpha value is -0.204. The molecular formula is C15H11Br2FMgO. The number of rotatable bonds is 3. The second-order valence-corrected chi connectivity index (χ2v) is 4.85. The largest absolute Gasteiger partial charge is 2.00 e. The van der Waals surface area contributed by atoms with Crippen molar-refractivity contribution >= 4 is 44.6 Å². The van der Waals surface area contributed by atoms with E-state index in [0.29, 0.717) is 5.56 Å². The van der Waals surface area contributed by atoms with E-state index in [1.165, 1.54) is 12.1 Å². The quantitative estimate of drug-likeness (QED) is 0.660. The third-order valence-electron chi connectivity index (χ3n) is 2.74. The molecule has 100 valence electrons. The number of hydrogen-bond acceptors (Lipinski definition) is 1. The van der Waals surface area contributed by atoms with Crippen molar-refractivity contribution in [2.24, 2.45) is 0 Å². The summed E-state index contributed by atoms with van der Waals surface area (Å²) in [4.78, 5) is 0. The van der Waals surface area contributed by atoms with E-state index in [1.807, 2.05) is 12.1 Å². The Morgan fingerprint density at radius 2 is 1.75 bits per heavy atom. The Morgan fingerprint density at radius 1 is 1.15 bits per heavy atom.